The van der Waals surface area contributed by atoms with Crippen molar-refractivity contribution in [2.45, 2.75) is 26.3 Å². The molecule has 1 unspecified atom stereocenters. The third-order valence-electron chi connectivity index (χ3n) is 7.01. The maximum atomic E-state index is 14.1. The Bertz CT molecular complexity index is 1250. The largest absolute Gasteiger partial charge is 0.366 e. The van der Waals surface area contributed by atoms with Crippen LogP contribution >= 0.6 is 0 Å². The maximum absolute atomic E-state index is 14.1. The summed E-state index contributed by atoms with van der Waals surface area (Å²) in [5.41, 5.74) is 2.11. The standard InChI is InChI=1S/C26H30FN5O2/c1-2-32-23-12-6-4-10-21(23)28-24(26(32)34)31-13-7-8-19(18-31)25(33)30-16-14-29(15-17-30)22-11-5-3-9-20(22)27/h3-6,9-12,19H,2,7-8,13-18H2,1H3. The SMILES string of the molecule is CCn1c(=O)c(N2CCCC(C(=O)N3CCN(c4ccccc4F)CC3)C2)nc2ccccc21. The lowest BCUT2D eigenvalue weighted by molar-refractivity contribution is -0.136. The molecule has 0 radical (unpaired) electrons. The van der Waals surface area contributed by atoms with Crippen molar-refractivity contribution < 1.29 is 9.18 Å². The number of para-hydroxylation sites is 3. The molecule has 1 amide bonds. The molecule has 0 bridgehead atoms. The molecular weight excluding hydrogens is 433 g/mol. The molecule has 1 atom stereocenters. The van der Waals surface area contributed by atoms with Gasteiger partial charge in [0.1, 0.15) is 5.82 Å². The van der Waals surface area contributed by atoms with Crippen molar-refractivity contribution in [3.63, 3.8) is 0 Å². The summed E-state index contributed by atoms with van der Waals surface area (Å²) >= 11 is 0. The predicted octanol–water partition coefficient (Wildman–Crippen LogP) is 3.12. The first-order valence-electron chi connectivity index (χ1n) is 12.1. The van der Waals surface area contributed by atoms with Gasteiger partial charge in [-0.1, -0.05) is 24.3 Å². The smallest absolute Gasteiger partial charge is 0.293 e. The van der Waals surface area contributed by atoms with E-state index in [0.29, 0.717) is 50.8 Å². The van der Waals surface area contributed by atoms with Crippen LogP contribution in [0.3, 0.4) is 0 Å². The van der Waals surface area contributed by atoms with E-state index in [1.807, 2.05) is 52.0 Å². The Labute approximate surface area is 198 Å². The number of hydrogen-bond acceptors (Lipinski definition) is 5. The molecule has 0 saturated carbocycles. The second-order valence-electron chi connectivity index (χ2n) is 9.02. The Hall–Kier alpha value is -3.42. The number of rotatable bonds is 4. The summed E-state index contributed by atoms with van der Waals surface area (Å²) in [5, 5.41) is 0. The average Bonchev–Trinajstić information content (AvgIpc) is 2.88. The van der Waals surface area contributed by atoms with E-state index in [2.05, 4.69) is 0 Å². The fraction of sp³-hybridized carbons (Fsp3) is 0.423. The Morgan fingerprint density at radius 2 is 1.74 bits per heavy atom. The summed E-state index contributed by atoms with van der Waals surface area (Å²) in [5.74, 6) is 0.152. The van der Waals surface area contributed by atoms with Crippen molar-refractivity contribution in [2.75, 3.05) is 49.1 Å². The van der Waals surface area contributed by atoms with Crippen molar-refractivity contribution in [3.05, 3.63) is 64.7 Å². The monoisotopic (exact) mass is 463 g/mol. The van der Waals surface area contributed by atoms with Crippen LogP contribution in [0.5, 0.6) is 0 Å². The van der Waals surface area contributed by atoms with Gasteiger partial charge in [-0.3, -0.25) is 9.59 Å². The van der Waals surface area contributed by atoms with Gasteiger partial charge in [-0.15, -0.1) is 0 Å². The number of benzene rings is 2. The molecule has 7 nitrogen and oxygen atoms in total. The van der Waals surface area contributed by atoms with Crippen LogP contribution in [0.15, 0.2) is 53.3 Å². The summed E-state index contributed by atoms with van der Waals surface area (Å²) in [4.78, 5) is 37.2. The third-order valence-corrected chi connectivity index (χ3v) is 7.01. The lowest BCUT2D eigenvalue weighted by atomic mass is 9.96. The van der Waals surface area contributed by atoms with E-state index in [4.69, 9.17) is 4.98 Å². The van der Waals surface area contributed by atoms with Crippen LogP contribution in [0.4, 0.5) is 15.9 Å². The molecule has 2 aliphatic rings. The number of aryl methyl sites for hydroxylation is 1. The summed E-state index contributed by atoms with van der Waals surface area (Å²) in [7, 11) is 0. The quantitative estimate of drug-likeness (QED) is 0.595. The van der Waals surface area contributed by atoms with Crippen LogP contribution in [-0.2, 0) is 11.3 Å². The Morgan fingerprint density at radius 1 is 1.00 bits per heavy atom. The summed E-state index contributed by atoms with van der Waals surface area (Å²) in [6.45, 7) is 6.10. The number of nitrogens with zero attached hydrogens (tertiary/aromatic N) is 5. The van der Waals surface area contributed by atoms with Gasteiger partial charge in [-0.05, 0) is 44.0 Å². The summed E-state index contributed by atoms with van der Waals surface area (Å²) < 4.78 is 15.9. The van der Waals surface area contributed by atoms with Gasteiger partial charge < -0.3 is 19.3 Å². The van der Waals surface area contributed by atoms with Gasteiger partial charge in [0.2, 0.25) is 5.91 Å². The number of fused-ring (bicyclic) bond motifs is 1. The van der Waals surface area contributed by atoms with E-state index in [0.717, 1.165) is 30.4 Å². The first-order valence-corrected chi connectivity index (χ1v) is 12.1. The highest BCUT2D eigenvalue weighted by Gasteiger charge is 2.33. The Kier molecular flexibility index (Phi) is 6.22. The first-order chi connectivity index (χ1) is 16.6. The van der Waals surface area contributed by atoms with Crippen molar-refractivity contribution in [1.82, 2.24) is 14.5 Å². The third kappa shape index (κ3) is 4.13. The van der Waals surface area contributed by atoms with Crippen molar-refractivity contribution in [3.8, 4) is 0 Å². The molecule has 2 aliphatic heterocycles. The van der Waals surface area contributed by atoms with Gasteiger partial charge in [-0.25, -0.2) is 9.37 Å². The normalized spacial score (nSPS) is 19.0. The highest BCUT2D eigenvalue weighted by Crippen LogP contribution is 2.25. The van der Waals surface area contributed by atoms with Crippen LogP contribution in [0.1, 0.15) is 19.8 Å². The number of hydrogen-bond donors (Lipinski definition) is 0. The van der Waals surface area contributed by atoms with E-state index in [1.54, 1.807) is 16.7 Å². The van der Waals surface area contributed by atoms with Crippen LogP contribution in [0.25, 0.3) is 11.0 Å². The minimum absolute atomic E-state index is 0.104. The Morgan fingerprint density at radius 3 is 2.50 bits per heavy atom. The van der Waals surface area contributed by atoms with Crippen LogP contribution in [0.2, 0.25) is 0 Å². The fourth-order valence-electron chi connectivity index (χ4n) is 5.20. The van der Waals surface area contributed by atoms with E-state index in [-0.39, 0.29) is 23.2 Å². The minimum atomic E-state index is -0.231. The zero-order valence-corrected chi connectivity index (χ0v) is 19.5. The van der Waals surface area contributed by atoms with Gasteiger partial charge in [-0.2, -0.15) is 0 Å². The number of amides is 1. The zero-order valence-electron chi connectivity index (χ0n) is 19.5. The number of anilines is 2. The molecule has 3 heterocycles. The minimum Gasteiger partial charge on any atom is -0.366 e. The van der Waals surface area contributed by atoms with Crippen molar-refractivity contribution >= 4 is 28.4 Å². The van der Waals surface area contributed by atoms with Gasteiger partial charge in [0, 0.05) is 45.8 Å². The van der Waals surface area contributed by atoms with E-state index < -0.39 is 0 Å². The molecule has 2 aromatic carbocycles. The van der Waals surface area contributed by atoms with Gasteiger partial charge >= 0.3 is 0 Å². The Balaban J connectivity index is 1.30. The summed E-state index contributed by atoms with van der Waals surface area (Å²) in [6.07, 6.45) is 1.64. The average molecular weight is 464 g/mol. The molecule has 0 aliphatic carbocycles. The molecule has 178 valence electrons. The van der Waals surface area contributed by atoms with Gasteiger partial charge in [0.25, 0.3) is 5.56 Å². The number of piperazine rings is 1. The van der Waals surface area contributed by atoms with Crippen LogP contribution < -0.4 is 15.4 Å². The van der Waals surface area contributed by atoms with Crippen molar-refractivity contribution in [1.29, 1.82) is 0 Å². The molecule has 1 aromatic heterocycles. The number of carbonyl (C=O) groups excluding carboxylic acids is 1. The van der Waals surface area contributed by atoms with Crippen molar-refractivity contribution in [2.24, 2.45) is 5.92 Å². The molecular formula is C26H30FN5O2. The van der Waals surface area contributed by atoms with E-state index >= 15 is 0 Å². The second-order valence-corrected chi connectivity index (χ2v) is 9.02. The number of aromatic nitrogens is 2. The second kappa shape index (κ2) is 9.44. The molecule has 8 heteroatoms. The van der Waals surface area contributed by atoms with Crippen LogP contribution in [0, 0.1) is 11.7 Å². The molecule has 5 rings (SSSR count). The lowest BCUT2D eigenvalue weighted by Crippen LogP contribution is -2.53. The molecule has 34 heavy (non-hydrogen) atoms. The lowest BCUT2D eigenvalue weighted by Gasteiger charge is -2.40. The zero-order chi connectivity index (χ0) is 23.7. The molecule has 3 aromatic rings. The van der Waals surface area contributed by atoms with Gasteiger partial charge in [0.05, 0.1) is 22.6 Å². The highest BCUT2D eigenvalue weighted by atomic mass is 19.1. The number of halogens is 1. The topological polar surface area (TPSA) is 61.7 Å². The molecule has 2 fully saturated rings. The molecule has 0 N–H and O–H groups in total. The van der Waals surface area contributed by atoms with Gasteiger partial charge in [0.15, 0.2) is 5.82 Å². The highest BCUT2D eigenvalue weighted by molar-refractivity contribution is 5.80. The molecule has 2 saturated heterocycles. The maximum Gasteiger partial charge on any atom is 0.293 e. The first kappa shape index (κ1) is 22.4. The van der Waals surface area contributed by atoms with E-state index in [9.17, 15) is 14.0 Å². The van der Waals surface area contributed by atoms with Crippen LogP contribution in [-0.4, -0.2) is 59.6 Å². The molecule has 0 spiro atoms. The number of carbonyl (C=O) groups is 1. The van der Waals surface area contributed by atoms with E-state index in [1.165, 1.54) is 6.07 Å². The predicted molar refractivity (Wildman–Crippen MR) is 132 cm³/mol. The summed E-state index contributed by atoms with van der Waals surface area (Å²) in [6, 6.07) is 14.5. The number of piperidine rings is 1. The fourth-order valence-corrected chi connectivity index (χ4v) is 5.20.